The third-order valence-corrected chi connectivity index (χ3v) is 5.98. The first-order valence-corrected chi connectivity index (χ1v) is 10.2. The van der Waals surface area contributed by atoms with Gasteiger partial charge in [0.15, 0.2) is 0 Å². The molecule has 0 spiro atoms. The number of hydrogen-bond acceptors (Lipinski definition) is 5. The number of rotatable bonds is 3. The number of imidazole rings is 1. The van der Waals surface area contributed by atoms with Crippen molar-refractivity contribution in [2.75, 3.05) is 43.4 Å². The van der Waals surface area contributed by atoms with Crippen LogP contribution in [-0.2, 0) is 0 Å². The third kappa shape index (κ3) is 3.21. The van der Waals surface area contributed by atoms with Crippen molar-refractivity contribution in [3.63, 3.8) is 0 Å². The van der Waals surface area contributed by atoms with Crippen molar-refractivity contribution in [3.8, 4) is 11.4 Å². The largest absolute Gasteiger partial charge is 0.397 e. The van der Waals surface area contributed by atoms with E-state index in [1.54, 1.807) is 12.1 Å². The van der Waals surface area contributed by atoms with Gasteiger partial charge < -0.3 is 25.5 Å². The van der Waals surface area contributed by atoms with Crippen LogP contribution in [0.2, 0.25) is 0 Å². The summed E-state index contributed by atoms with van der Waals surface area (Å²) in [6.45, 7) is 6.27. The molecule has 4 aromatic rings. The molecule has 0 aliphatic carbocycles. The Balaban J connectivity index is 1.60. The number of nitrogens with zero attached hydrogens (tertiary/aromatic N) is 3. The summed E-state index contributed by atoms with van der Waals surface area (Å²) in [6.07, 6.45) is 0. The quantitative estimate of drug-likeness (QED) is 0.470. The normalized spacial score (nSPS) is 15.3. The van der Waals surface area contributed by atoms with Gasteiger partial charge in [-0.05, 0) is 24.7 Å². The number of pyridine rings is 1. The van der Waals surface area contributed by atoms with Gasteiger partial charge in [-0.3, -0.25) is 4.79 Å². The molecule has 0 bridgehead atoms. The maximum atomic E-state index is 14.9. The van der Waals surface area contributed by atoms with E-state index in [1.807, 2.05) is 4.90 Å². The second-order valence-corrected chi connectivity index (χ2v) is 7.73. The SMILES string of the molecule is CCN1CCN(c2cc3nc(-c4c(N)c5c(F)cccc5[nH]c4=O)[nH]c3cc2F)CC1. The second kappa shape index (κ2) is 7.35. The molecular formula is C22H22F2N6O. The summed E-state index contributed by atoms with van der Waals surface area (Å²) in [5.41, 5.74) is 7.44. The number of nitrogens with one attached hydrogen (secondary N) is 2. The van der Waals surface area contributed by atoms with Gasteiger partial charge in [0.25, 0.3) is 5.56 Å². The van der Waals surface area contributed by atoms with E-state index in [4.69, 9.17) is 5.73 Å². The summed E-state index contributed by atoms with van der Waals surface area (Å²) in [7, 11) is 0. The summed E-state index contributed by atoms with van der Waals surface area (Å²) in [5, 5.41) is 0.123. The minimum Gasteiger partial charge on any atom is -0.397 e. The van der Waals surface area contributed by atoms with Crippen LogP contribution < -0.4 is 16.2 Å². The maximum Gasteiger partial charge on any atom is 0.261 e. The predicted octanol–water partition coefficient (Wildman–Crippen LogP) is 3.07. The molecule has 3 heterocycles. The van der Waals surface area contributed by atoms with Gasteiger partial charge in [0.1, 0.15) is 23.0 Å². The van der Waals surface area contributed by atoms with Crippen molar-refractivity contribution in [1.29, 1.82) is 0 Å². The average Bonchev–Trinajstić information content (AvgIpc) is 3.15. The molecule has 7 nitrogen and oxygen atoms in total. The van der Waals surface area contributed by atoms with Crippen molar-refractivity contribution in [3.05, 3.63) is 52.3 Å². The number of likely N-dealkylation sites (N-methyl/N-ethyl adjacent to an activating group) is 1. The fourth-order valence-electron chi connectivity index (χ4n) is 4.25. The Kier molecular flexibility index (Phi) is 4.62. The molecule has 1 fully saturated rings. The molecule has 5 rings (SSSR count). The lowest BCUT2D eigenvalue weighted by molar-refractivity contribution is 0.270. The minimum atomic E-state index is -0.539. The first-order valence-electron chi connectivity index (χ1n) is 10.2. The lowest BCUT2D eigenvalue weighted by atomic mass is 10.1. The highest BCUT2D eigenvalue weighted by molar-refractivity contribution is 5.98. The fourth-order valence-corrected chi connectivity index (χ4v) is 4.25. The molecule has 4 N–H and O–H groups in total. The van der Waals surface area contributed by atoms with Gasteiger partial charge >= 0.3 is 0 Å². The molecule has 0 atom stereocenters. The summed E-state index contributed by atoms with van der Waals surface area (Å²) in [4.78, 5) is 27.1. The van der Waals surface area contributed by atoms with E-state index < -0.39 is 11.4 Å². The number of anilines is 2. The van der Waals surface area contributed by atoms with Crippen molar-refractivity contribution in [2.45, 2.75) is 6.92 Å². The molecule has 31 heavy (non-hydrogen) atoms. The molecule has 0 saturated carbocycles. The molecular weight excluding hydrogens is 402 g/mol. The first kappa shape index (κ1) is 19.5. The molecule has 1 aliphatic rings. The molecule has 0 radical (unpaired) electrons. The number of nitrogens with two attached hydrogens (primary N) is 1. The van der Waals surface area contributed by atoms with Gasteiger partial charge in [0, 0.05) is 32.2 Å². The summed E-state index contributed by atoms with van der Waals surface area (Å²) in [6, 6.07) is 7.41. The number of piperazine rings is 1. The lowest BCUT2D eigenvalue weighted by Crippen LogP contribution is -2.46. The molecule has 1 saturated heterocycles. The van der Waals surface area contributed by atoms with Gasteiger partial charge in [0.2, 0.25) is 0 Å². The number of hydrogen-bond donors (Lipinski definition) is 3. The van der Waals surface area contributed by atoms with Gasteiger partial charge in [-0.15, -0.1) is 0 Å². The van der Waals surface area contributed by atoms with E-state index in [0.29, 0.717) is 22.2 Å². The van der Waals surface area contributed by atoms with Gasteiger partial charge in [0.05, 0.1) is 33.3 Å². The van der Waals surface area contributed by atoms with Gasteiger partial charge in [-0.25, -0.2) is 13.8 Å². The number of aromatic nitrogens is 3. The monoisotopic (exact) mass is 424 g/mol. The van der Waals surface area contributed by atoms with Crippen molar-refractivity contribution >= 4 is 33.3 Å². The molecule has 1 aliphatic heterocycles. The summed E-state index contributed by atoms with van der Waals surface area (Å²) in [5.74, 6) is -0.728. The van der Waals surface area contributed by atoms with Crippen LogP contribution in [0.4, 0.5) is 20.2 Å². The Morgan fingerprint density at radius 3 is 2.58 bits per heavy atom. The number of benzene rings is 2. The highest BCUT2D eigenvalue weighted by atomic mass is 19.1. The van der Waals surface area contributed by atoms with Crippen LogP contribution in [-0.4, -0.2) is 52.6 Å². The number of nitrogen functional groups attached to an aromatic ring is 1. The zero-order valence-electron chi connectivity index (χ0n) is 17.0. The zero-order valence-corrected chi connectivity index (χ0v) is 17.0. The molecule has 160 valence electrons. The van der Waals surface area contributed by atoms with Gasteiger partial charge in [-0.2, -0.15) is 0 Å². The molecule has 9 heteroatoms. The minimum absolute atomic E-state index is 0.00714. The van der Waals surface area contributed by atoms with Crippen LogP contribution >= 0.6 is 0 Å². The van der Waals surface area contributed by atoms with Gasteiger partial charge in [-0.1, -0.05) is 13.0 Å². The van der Waals surface area contributed by atoms with E-state index in [1.165, 1.54) is 18.2 Å². The standard InChI is InChI=1S/C22H22F2N6O/c1-2-29-6-8-30(9-7-29)17-11-16-15(10-13(17)24)26-21(27-16)19-20(25)18-12(23)4-3-5-14(18)28-22(19)31/h3-5,10-11H,2,6-9H2,1H3,(H,26,27)(H3,25,28,31). The average molecular weight is 424 g/mol. The van der Waals surface area contributed by atoms with E-state index in [-0.39, 0.29) is 28.3 Å². The summed E-state index contributed by atoms with van der Waals surface area (Å²) < 4.78 is 29.2. The Morgan fingerprint density at radius 1 is 1.06 bits per heavy atom. The maximum absolute atomic E-state index is 14.9. The highest BCUT2D eigenvalue weighted by Crippen LogP contribution is 2.32. The zero-order chi connectivity index (χ0) is 21.7. The topological polar surface area (TPSA) is 94.0 Å². The Morgan fingerprint density at radius 2 is 1.84 bits per heavy atom. The van der Waals surface area contributed by atoms with Crippen LogP contribution in [0.5, 0.6) is 0 Å². The molecule has 0 unspecified atom stereocenters. The van der Waals surface area contributed by atoms with Crippen molar-refractivity contribution in [2.24, 2.45) is 0 Å². The number of halogens is 2. The lowest BCUT2D eigenvalue weighted by Gasteiger charge is -2.35. The number of H-pyrrole nitrogens is 2. The van der Waals surface area contributed by atoms with E-state index in [0.717, 1.165) is 32.7 Å². The third-order valence-electron chi connectivity index (χ3n) is 5.98. The van der Waals surface area contributed by atoms with Crippen LogP contribution in [0.15, 0.2) is 35.1 Å². The molecule has 2 aromatic heterocycles. The Hall–Kier alpha value is -3.46. The van der Waals surface area contributed by atoms with Crippen LogP contribution in [0.1, 0.15) is 6.92 Å². The molecule has 0 amide bonds. The van der Waals surface area contributed by atoms with Crippen LogP contribution in [0.25, 0.3) is 33.3 Å². The summed E-state index contributed by atoms with van der Waals surface area (Å²) >= 11 is 0. The smallest absolute Gasteiger partial charge is 0.261 e. The fraction of sp³-hybridized carbons (Fsp3) is 0.273. The highest BCUT2D eigenvalue weighted by Gasteiger charge is 2.22. The van der Waals surface area contributed by atoms with Crippen LogP contribution in [0, 0.1) is 11.6 Å². The Bertz CT molecular complexity index is 1350. The van der Waals surface area contributed by atoms with Crippen molar-refractivity contribution in [1.82, 2.24) is 19.9 Å². The van der Waals surface area contributed by atoms with Crippen molar-refractivity contribution < 1.29 is 8.78 Å². The van der Waals surface area contributed by atoms with E-state index >= 15 is 0 Å². The van der Waals surface area contributed by atoms with E-state index in [2.05, 4.69) is 26.8 Å². The predicted molar refractivity (Wildman–Crippen MR) is 118 cm³/mol. The Labute approximate surface area is 176 Å². The van der Waals surface area contributed by atoms with Crippen LogP contribution in [0.3, 0.4) is 0 Å². The number of aromatic amines is 2. The van der Waals surface area contributed by atoms with E-state index in [9.17, 15) is 13.6 Å². The molecule has 2 aromatic carbocycles. The number of fused-ring (bicyclic) bond motifs is 2. The second-order valence-electron chi connectivity index (χ2n) is 7.73. The first-order chi connectivity index (χ1) is 15.0.